The van der Waals surface area contributed by atoms with Crippen LogP contribution in [0.25, 0.3) is 5.69 Å². The summed E-state index contributed by atoms with van der Waals surface area (Å²) in [6, 6.07) is 12.8. The van der Waals surface area contributed by atoms with Crippen LogP contribution in [0.5, 0.6) is 5.75 Å². The van der Waals surface area contributed by atoms with Gasteiger partial charge < -0.3 is 15.2 Å². The van der Waals surface area contributed by atoms with Gasteiger partial charge in [0.25, 0.3) is 11.5 Å². The summed E-state index contributed by atoms with van der Waals surface area (Å²) in [7, 11) is 1.71. The quantitative estimate of drug-likeness (QED) is 0.647. The third kappa shape index (κ3) is 3.77. The van der Waals surface area contributed by atoms with Crippen molar-refractivity contribution in [1.29, 1.82) is 0 Å². The Labute approximate surface area is 166 Å². The molecule has 150 valence electrons. The van der Waals surface area contributed by atoms with Gasteiger partial charge in [-0.1, -0.05) is 18.2 Å². The summed E-state index contributed by atoms with van der Waals surface area (Å²) >= 11 is 0. The number of amides is 1. The maximum atomic E-state index is 12.9. The van der Waals surface area contributed by atoms with E-state index >= 15 is 0 Å². The van der Waals surface area contributed by atoms with Gasteiger partial charge >= 0.3 is 5.97 Å². The zero-order valence-corrected chi connectivity index (χ0v) is 16.3. The zero-order valence-electron chi connectivity index (χ0n) is 16.3. The number of anilines is 1. The van der Waals surface area contributed by atoms with Gasteiger partial charge in [-0.15, -0.1) is 0 Å². The first-order chi connectivity index (χ1) is 13.8. The van der Waals surface area contributed by atoms with E-state index in [0.717, 1.165) is 0 Å². The minimum atomic E-state index is -0.709. The summed E-state index contributed by atoms with van der Waals surface area (Å²) in [4.78, 5) is 37.6. The van der Waals surface area contributed by atoms with Crippen LogP contribution in [0, 0.1) is 6.92 Å². The van der Waals surface area contributed by atoms with E-state index < -0.39 is 17.4 Å². The molecule has 0 spiro atoms. The lowest BCUT2D eigenvalue weighted by molar-refractivity contribution is 0.0526. The molecular weight excluding hydrogens is 374 g/mol. The van der Waals surface area contributed by atoms with Crippen LogP contribution >= 0.6 is 0 Å². The molecule has 0 radical (unpaired) electrons. The maximum Gasteiger partial charge on any atom is 0.338 e. The number of carbonyl (C=O) groups excluding carboxylic acids is 2. The first kappa shape index (κ1) is 19.9. The van der Waals surface area contributed by atoms with E-state index in [1.807, 2.05) is 6.07 Å². The predicted octanol–water partition coefficient (Wildman–Crippen LogP) is 2.62. The van der Waals surface area contributed by atoms with Gasteiger partial charge in [-0.2, -0.15) is 0 Å². The van der Waals surface area contributed by atoms with Crippen molar-refractivity contribution in [1.82, 2.24) is 9.36 Å². The van der Waals surface area contributed by atoms with Crippen molar-refractivity contribution in [2.45, 2.75) is 13.8 Å². The molecule has 8 heteroatoms. The number of esters is 1. The van der Waals surface area contributed by atoms with E-state index in [1.54, 1.807) is 49.8 Å². The maximum absolute atomic E-state index is 12.9. The molecular formula is C21H21N3O5. The SMILES string of the molecule is CCOC(=O)c1ccc(O)c(C(=O)Nc2c(C)n(C)n(-c3ccccc3)c2=O)c1. The highest BCUT2D eigenvalue weighted by Gasteiger charge is 2.21. The molecule has 0 bridgehead atoms. The van der Waals surface area contributed by atoms with Gasteiger partial charge in [-0.05, 0) is 44.2 Å². The van der Waals surface area contributed by atoms with Gasteiger partial charge in [0.1, 0.15) is 11.4 Å². The van der Waals surface area contributed by atoms with Crippen LogP contribution in [-0.2, 0) is 11.8 Å². The van der Waals surface area contributed by atoms with Gasteiger partial charge in [-0.3, -0.25) is 14.3 Å². The number of aromatic nitrogens is 2. The molecule has 0 aliphatic rings. The Bertz CT molecular complexity index is 1130. The highest BCUT2D eigenvalue weighted by Crippen LogP contribution is 2.21. The number of carbonyl (C=O) groups is 2. The standard InChI is InChI=1S/C21H21N3O5/c1-4-29-21(28)14-10-11-17(25)16(12-14)19(26)22-18-13(2)23(3)24(20(18)27)15-8-6-5-7-9-15/h5-12,25H,4H2,1-3H3,(H,22,26). The summed E-state index contributed by atoms with van der Waals surface area (Å²) in [5, 5.41) is 12.6. The van der Waals surface area contributed by atoms with Crippen molar-refractivity contribution < 1.29 is 19.4 Å². The van der Waals surface area contributed by atoms with Crippen LogP contribution < -0.4 is 10.9 Å². The van der Waals surface area contributed by atoms with E-state index in [9.17, 15) is 19.5 Å². The number of phenols is 1. The van der Waals surface area contributed by atoms with Crippen LogP contribution in [0.4, 0.5) is 5.69 Å². The lowest BCUT2D eigenvalue weighted by Crippen LogP contribution is -2.23. The summed E-state index contributed by atoms with van der Waals surface area (Å²) < 4.78 is 7.98. The van der Waals surface area contributed by atoms with Crippen LogP contribution in [0.3, 0.4) is 0 Å². The molecule has 0 aliphatic carbocycles. The van der Waals surface area contributed by atoms with Crippen LogP contribution in [-0.4, -0.2) is 33.0 Å². The highest BCUT2D eigenvalue weighted by atomic mass is 16.5. The molecule has 3 aromatic rings. The monoisotopic (exact) mass is 395 g/mol. The van der Waals surface area contributed by atoms with Gasteiger partial charge in [0.05, 0.1) is 29.1 Å². The number of hydrogen-bond donors (Lipinski definition) is 2. The summed E-state index contributed by atoms with van der Waals surface area (Å²) in [6.07, 6.45) is 0. The minimum absolute atomic E-state index is 0.0855. The van der Waals surface area contributed by atoms with Crippen LogP contribution in [0.2, 0.25) is 0 Å². The fraction of sp³-hybridized carbons (Fsp3) is 0.190. The largest absolute Gasteiger partial charge is 0.507 e. The average molecular weight is 395 g/mol. The van der Waals surface area contributed by atoms with Gasteiger partial charge in [0, 0.05) is 7.05 Å². The molecule has 1 heterocycles. The second kappa shape index (κ2) is 8.05. The fourth-order valence-corrected chi connectivity index (χ4v) is 2.95. The first-order valence-corrected chi connectivity index (χ1v) is 9.00. The highest BCUT2D eigenvalue weighted by molar-refractivity contribution is 6.07. The number of benzene rings is 2. The Balaban J connectivity index is 1.98. The smallest absolute Gasteiger partial charge is 0.338 e. The molecule has 1 aromatic heterocycles. The van der Waals surface area contributed by atoms with Gasteiger partial charge in [0.15, 0.2) is 0 Å². The number of ether oxygens (including phenoxy) is 1. The molecule has 0 atom stereocenters. The predicted molar refractivity (Wildman–Crippen MR) is 108 cm³/mol. The molecule has 0 fully saturated rings. The molecule has 0 saturated heterocycles. The minimum Gasteiger partial charge on any atom is -0.507 e. The number of hydrogen-bond acceptors (Lipinski definition) is 5. The van der Waals surface area contributed by atoms with Crippen molar-refractivity contribution in [2.24, 2.45) is 7.05 Å². The van der Waals surface area contributed by atoms with Crippen molar-refractivity contribution in [3.8, 4) is 11.4 Å². The Morgan fingerprint density at radius 1 is 1.14 bits per heavy atom. The lowest BCUT2D eigenvalue weighted by Gasteiger charge is -2.08. The first-order valence-electron chi connectivity index (χ1n) is 9.00. The number of para-hydroxylation sites is 1. The molecule has 0 unspecified atom stereocenters. The van der Waals surface area contributed by atoms with E-state index in [-0.39, 0.29) is 29.2 Å². The second-order valence-electron chi connectivity index (χ2n) is 6.34. The molecule has 2 aromatic carbocycles. The summed E-state index contributed by atoms with van der Waals surface area (Å²) in [5.74, 6) is -1.63. The van der Waals surface area contributed by atoms with E-state index in [0.29, 0.717) is 11.4 Å². The number of nitrogens with one attached hydrogen (secondary N) is 1. The summed E-state index contributed by atoms with van der Waals surface area (Å²) in [5.41, 5.74) is 0.850. The van der Waals surface area contributed by atoms with E-state index in [4.69, 9.17) is 4.74 Å². The lowest BCUT2D eigenvalue weighted by atomic mass is 10.1. The molecule has 0 saturated carbocycles. The number of aromatic hydroxyl groups is 1. The fourth-order valence-electron chi connectivity index (χ4n) is 2.95. The molecule has 8 nitrogen and oxygen atoms in total. The molecule has 1 amide bonds. The Kier molecular flexibility index (Phi) is 5.54. The third-order valence-electron chi connectivity index (χ3n) is 4.55. The van der Waals surface area contributed by atoms with Crippen LogP contribution in [0.15, 0.2) is 53.3 Å². The number of nitrogens with zero attached hydrogens (tertiary/aromatic N) is 2. The normalized spacial score (nSPS) is 10.6. The zero-order chi connectivity index (χ0) is 21.1. The molecule has 2 N–H and O–H groups in total. The van der Waals surface area contributed by atoms with E-state index in [2.05, 4.69) is 5.32 Å². The Morgan fingerprint density at radius 3 is 2.48 bits per heavy atom. The molecule has 3 rings (SSSR count). The topological polar surface area (TPSA) is 103 Å². The van der Waals surface area contributed by atoms with Crippen LogP contribution in [0.1, 0.15) is 33.3 Å². The molecule has 29 heavy (non-hydrogen) atoms. The van der Waals surface area contributed by atoms with Crippen molar-refractivity contribution in [3.05, 3.63) is 75.7 Å². The third-order valence-corrected chi connectivity index (χ3v) is 4.55. The van der Waals surface area contributed by atoms with Crippen molar-refractivity contribution in [3.63, 3.8) is 0 Å². The second-order valence-corrected chi connectivity index (χ2v) is 6.34. The van der Waals surface area contributed by atoms with Gasteiger partial charge in [0.2, 0.25) is 0 Å². The molecule has 0 aliphatic heterocycles. The Morgan fingerprint density at radius 2 is 1.83 bits per heavy atom. The van der Waals surface area contributed by atoms with E-state index in [1.165, 1.54) is 22.9 Å². The van der Waals surface area contributed by atoms with Crippen molar-refractivity contribution in [2.75, 3.05) is 11.9 Å². The van der Waals surface area contributed by atoms with Gasteiger partial charge in [-0.25, -0.2) is 9.48 Å². The number of phenolic OH excluding ortho intramolecular Hbond substituents is 1. The summed E-state index contributed by atoms with van der Waals surface area (Å²) in [6.45, 7) is 3.55. The Hall–Kier alpha value is -3.81. The average Bonchev–Trinajstić information content (AvgIpc) is 2.92. The van der Waals surface area contributed by atoms with Crippen molar-refractivity contribution >= 4 is 17.6 Å². The number of rotatable bonds is 5.